The Morgan fingerprint density at radius 2 is 0.933 bits per heavy atom. The van der Waals surface area contributed by atoms with Crippen LogP contribution in [0.2, 0.25) is 0 Å². The van der Waals surface area contributed by atoms with Gasteiger partial charge in [-0.3, -0.25) is 0 Å². The quantitative estimate of drug-likeness (QED) is 0.355. The molecule has 0 spiro atoms. The summed E-state index contributed by atoms with van der Waals surface area (Å²) in [5.41, 5.74) is 0. The first-order valence-corrected chi connectivity index (χ1v) is 6.82. The fraction of sp³-hybridized carbons (Fsp3) is 0. The molecule has 15 heteroatoms. The van der Waals surface area contributed by atoms with E-state index >= 15 is 0 Å². The van der Waals surface area contributed by atoms with E-state index in [0.29, 0.717) is 0 Å². The number of hydrogen-bond acceptors (Lipinski definition) is 0. The van der Waals surface area contributed by atoms with Crippen molar-refractivity contribution in [2.45, 2.75) is 0 Å². The first-order chi connectivity index (χ1) is 6.82. The van der Waals surface area contributed by atoms with E-state index in [-0.39, 0.29) is 0 Å². The smallest absolute Gasteiger partial charge is 0.00288 e. The summed E-state index contributed by atoms with van der Waals surface area (Å²) in [5.74, 6) is 0. The van der Waals surface area contributed by atoms with Gasteiger partial charge in [-0.05, 0) is 0 Å². The van der Waals surface area contributed by atoms with Gasteiger partial charge in [0, 0.05) is 45.4 Å². The molecule has 0 aliphatic heterocycles. The maximum atomic E-state index is 2.43. The van der Waals surface area contributed by atoms with E-state index in [2.05, 4.69) is 61.9 Å². The molecule has 0 bridgehead atoms. The van der Waals surface area contributed by atoms with Crippen LogP contribution in [0.1, 0.15) is 0 Å². The SMILES string of the molecule is BBB(B)B(B(B)B)B(B(B)B)B(B)B. The maximum absolute atomic E-state index is 2.43. The molecule has 0 aromatic carbocycles. The molecular weight excluding hydrogens is 162 g/mol. The van der Waals surface area contributed by atoms with Crippen LogP contribution in [0.3, 0.4) is 0 Å². The molecule has 0 aromatic rings. The van der Waals surface area contributed by atoms with Gasteiger partial charge in [-0.25, -0.2) is 0 Å². The Balaban J connectivity index is 4.84. The highest BCUT2D eigenvalue weighted by molar-refractivity contribution is 8.12. The minimum Gasteiger partial charge on any atom is 0.00288 e. The lowest BCUT2D eigenvalue weighted by molar-refractivity contribution is 3.40. The van der Waals surface area contributed by atoms with Crippen LogP contribution in [0.25, 0.3) is 0 Å². The lowest BCUT2D eigenvalue weighted by Gasteiger charge is -2.33. The summed E-state index contributed by atoms with van der Waals surface area (Å²) < 4.78 is 0. The Morgan fingerprint density at radius 3 is 1.13 bits per heavy atom. The van der Waals surface area contributed by atoms with Gasteiger partial charge in [0.2, 0.25) is 0 Å². The summed E-state index contributed by atoms with van der Waals surface area (Å²) in [5, 5.41) is 0. The average molecular weight is 179 g/mol. The van der Waals surface area contributed by atoms with Crippen LogP contribution in [-0.4, -0.2) is 107 Å². The van der Waals surface area contributed by atoms with Gasteiger partial charge in [0.25, 0.3) is 0 Å². The van der Waals surface area contributed by atoms with Gasteiger partial charge in [0.15, 0.2) is 0 Å². The van der Waals surface area contributed by atoms with Crippen LogP contribution < -0.4 is 0 Å². The summed E-state index contributed by atoms with van der Waals surface area (Å²) in [7, 11) is 20.4. The molecular formula is H17B15. The first-order valence-electron chi connectivity index (χ1n) is 6.82. The minimum absolute atomic E-state index is 0.811. The van der Waals surface area contributed by atoms with Crippen molar-refractivity contribution in [1.82, 2.24) is 0 Å². The standard InChI is InChI=1S/B15H17/c1-9-13(8)15(12(6)7)14(10(2)3)11(4)5/h9H,1-8H2. The Kier molecular flexibility index (Phi) is 7.81. The molecule has 0 heterocycles. The van der Waals surface area contributed by atoms with Crippen LogP contribution in [0.5, 0.6) is 0 Å². The highest BCUT2D eigenvalue weighted by atomic mass is 13.2. The van der Waals surface area contributed by atoms with Crippen molar-refractivity contribution < 1.29 is 0 Å². The largest absolute Gasteiger partial charge is 0.0594 e. The van der Waals surface area contributed by atoms with Crippen LogP contribution in [0, 0.1) is 0 Å². The average Bonchev–Trinajstić information content (AvgIpc) is 2.10. The monoisotopic (exact) mass is 182 g/mol. The Labute approximate surface area is 107 Å². The third-order valence-corrected chi connectivity index (χ3v) is 4.05. The van der Waals surface area contributed by atoms with E-state index in [1.54, 1.807) is 0 Å². The molecule has 0 nitrogen and oxygen atoms in total. The lowest BCUT2D eigenvalue weighted by Crippen LogP contribution is -2.73. The van der Waals surface area contributed by atoms with Crippen molar-refractivity contribution >= 4 is 107 Å². The van der Waals surface area contributed by atoms with Crippen molar-refractivity contribution in [2.24, 2.45) is 0 Å². The second-order valence-corrected chi connectivity index (χ2v) is 6.27. The molecule has 0 saturated carbocycles. The predicted molar refractivity (Wildman–Crippen MR) is 110 cm³/mol. The van der Waals surface area contributed by atoms with E-state index in [1.165, 1.54) is 7.06 Å². The number of hydrogen-bond donors (Lipinski definition) is 0. The zero-order valence-corrected chi connectivity index (χ0v) is 12.2. The summed E-state index contributed by atoms with van der Waals surface area (Å²) in [6.07, 6.45) is 5.06. The van der Waals surface area contributed by atoms with Crippen LogP contribution in [-0.2, 0) is 0 Å². The van der Waals surface area contributed by atoms with Crippen molar-refractivity contribution in [2.75, 3.05) is 0 Å². The van der Waals surface area contributed by atoms with Gasteiger partial charge < -0.3 is 0 Å². The molecule has 0 aromatic heterocycles. The molecule has 0 aliphatic rings. The molecule has 0 saturated heterocycles. The zero-order valence-electron chi connectivity index (χ0n) is 12.2. The molecule has 0 fully saturated rings. The Bertz CT molecular complexity index is 147. The number of rotatable bonds is 6. The molecule has 0 radical (unpaired) electrons. The van der Waals surface area contributed by atoms with Crippen molar-refractivity contribution in [3.05, 3.63) is 0 Å². The summed E-state index contributed by atoms with van der Waals surface area (Å²) in [4.78, 5) is 0. The van der Waals surface area contributed by atoms with Gasteiger partial charge in [0.05, 0.1) is 61.9 Å². The fourth-order valence-electron chi connectivity index (χ4n) is 3.41. The second-order valence-electron chi connectivity index (χ2n) is 6.27. The van der Waals surface area contributed by atoms with Gasteiger partial charge >= 0.3 is 0 Å². The molecule has 0 aliphatic carbocycles. The molecule has 0 rings (SSSR count). The highest BCUT2D eigenvalue weighted by Crippen LogP contribution is 1.98. The van der Waals surface area contributed by atoms with Crippen LogP contribution >= 0.6 is 0 Å². The fourth-order valence-corrected chi connectivity index (χ4v) is 3.41. The lowest BCUT2D eigenvalue weighted by atomic mass is 8.46. The molecule has 62 valence electrons. The van der Waals surface area contributed by atoms with E-state index < -0.39 is 0 Å². The predicted octanol–water partition coefficient (Wildman–Crippen LogP) is -10.3. The van der Waals surface area contributed by atoms with Gasteiger partial charge in [-0.2, -0.15) is 0 Å². The van der Waals surface area contributed by atoms with E-state index in [4.69, 9.17) is 0 Å². The minimum atomic E-state index is 0.811. The molecule has 0 atom stereocenters. The van der Waals surface area contributed by atoms with E-state index in [1.807, 2.05) is 0 Å². The highest BCUT2D eigenvalue weighted by Gasteiger charge is 2.38. The van der Waals surface area contributed by atoms with Crippen LogP contribution in [0.4, 0.5) is 0 Å². The van der Waals surface area contributed by atoms with Gasteiger partial charge in [-0.1, -0.05) is 0 Å². The maximum Gasteiger partial charge on any atom is 0.0594 e. The van der Waals surface area contributed by atoms with Crippen LogP contribution in [0.15, 0.2) is 0 Å². The zero-order chi connectivity index (χ0) is 12.2. The normalized spacial score (nSPS) is 8.80. The third kappa shape index (κ3) is 4.78. The second kappa shape index (κ2) is 7.33. The topological polar surface area (TPSA) is 0 Å². The molecule has 0 N–H and O–H groups in total. The molecule has 0 amide bonds. The van der Waals surface area contributed by atoms with Gasteiger partial charge in [-0.15, -0.1) is 0 Å². The van der Waals surface area contributed by atoms with Crippen molar-refractivity contribution in [1.29, 1.82) is 0 Å². The van der Waals surface area contributed by atoms with Crippen molar-refractivity contribution in [3.63, 3.8) is 0 Å². The molecule has 15 heavy (non-hydrogen) atoms. The summed E-state index contributed by atoms with van der Waals surface area (Å²) in [6.45, 7) is 0. The first kappa shape index (κ1) is 16.0. The summed E-state index contributed by atoms with van der Waals surface area (Å²) in [6, 6.07) is 0. The van der Waals surface area contributed by atoms with E-state index in [9.17, 15) is 0 Å². The summed E-state index contributed by atoms with van der Waals surface area (Å²) >= 11 is 0. The Morgan fingerprint density at radius 1 is 0.600 bits per heavy atom. The third-order valence-electron chi connectivity index (χ3n) is 4.05. The molecule has 0 unspecified atom stereocenters. The van der Waals surface area contributed by atoms with Crippen molar-refractivity contribution in [3.8, 4) is 0 Å². The van der Waals surface area contributed by atoms with Gasteiger partial charge in [0.1, 0.15) is 0 Å². The van der Waals surface area contributed by atoms with E-state index in [0.717, 1.165) is 38.3 Å². The Hall–Kier alpha value is 0.974.